The number of ether oxygens (including phenoxy) is 2. The van der Waals surface area contributed by atoms with Gasteiger partial charge in [-0.05, 0) is 56.8 Å². The van der Waals surface area contributed by atoms with E-state index in [1.165, 1.54) is 24.1 Å². The molecule has 6 heteroatoms. The standard InChI is InChI=1S/C19H28N2O3S/c1-12-16(11-24-3)21(4-5-23-2)18(25-12)20-17(22)19-9-13-6-14(10-19)8-15(19)7-13/h13-15H,4-11H2,1-3H3/b20-18-. The summed E-state index contributed by atoms with van der Waals surface area (Å²) in [5.41, 5.74) is 0.956. The van der Waals surface area contributed by atoms with Crippen molar-refractivity contribution in [3.63, 3.8) is 0 Å². The first-order valence-corrected chi connectivity index (χ1v) is 10.1. The van der Waals surface area contributed by atoms with Crippen molar-refractivity contribution in [2.75, 3.05) is 20.8 Å². The Hall–Kier alpha value is -0.980. The van der Waals surface area contributed by atoms with Crippen LogP contribution in [0, 0.1) is 30.1 Å². The van der Waals surface area contributed by atoms with Crippen LogP contribution in [0.25, 0.3) is 0 Å². The highest BCUT2D eigenvalue weighted by atomic mass is 32.1. The Kier molecular flexibility index (Phi) is 4.63. The van der Waals surface area contributed by atoms with E-state index in [0.717, 1.165) is 35.2 Å². The lowest BCUT2D eigenvalue weighted by atomic mass is 9.75. The summed E-state index contributed by atoms with van der Waals surface area (Å²) in [4.78, 5) is 19.9. The maximum atomic E-state index is 13.3. The van der Waals surface area contributed by atoms with Crippen LogP contribution in [-0.4, -0.2) is 31.3 Å². The van der Waals surface area contributed by atoms with Gasteiger partial charge in [-0.2, -0.15) is 4.99 Å². The number of hydrogen-bond donors (Lipinski definition) is 0. The van der Waals surface area contributed by atoms with Crippen molar-refractivity contribution in [1.82, 2.24) is 4.57 Å². The van der Waals surface area contributed by atoms with E-state index in [4.69, 9.17) is 9.47 Å². The van der Waals surface area contributed by atoms with Gasteiger partial charge in [0.2, 0.25) is 0 Å². The Morgan fingerprint density at radius 2 is 1.96 bits per heavy atom. The van der Waals surface area contributed by atoms with Crippen LogP contribution in [0.3, 0.4) is 0 Å². The highest BCUT2D eigenvalue weighted by molar-refractivity contribution is 7.09. The zero-order valence-electron chi connectivity index (χ0n) is 15.4. The molecule has 4 saturated carbocycles. The summed E-state index contributed by atoms with van der Waals surface area (Å²) < 4.78 is 12.7. The van der Waals surface area contributed by atoms with Crippen molar-refractivity contribution in [3.05, 3.63) is 15.4 Å². The number of rotatable bonds is 6. The van der Waals surface area contributed by atoms with Crippen molar-refractivity contribution in [1.29, 1.82) is 0 Å². The van der Waals surface area contributed by atoms with Crippen molar-refractivity contribution >= 4 is 17.2 Å². The van der Waals surface area contributed by atoms with E-state index in [0.29, 0.717) is 25.7 Å². The minimum atomic E-state index is -0.147. The number of amides is 1. The van der Waals surface area contributed by atoms with E-state index in [1.807, 2.05) is 0 Å². The highest BCUT2D eigenvalue weighted by Gasteiger charge is 2.61. The Balaban J connectivity index is 1.69. The Morgan fingerprint density at radius 1 is 1.24 bits per heavy atom. The van der Waals surface area contributed by atoms with E-state index in [2.05, 4.69) is 16.5 Å². The summed E-state index contributed by atoms with van der Waals surface area (Å²) in [7, 11) is 3.40. The van der Waals surface area contributed by atoms with Gasteiger partial charge in [0.1, 0.15) is 0 Å². The number of aryl methyl sites for hydroxylation is 1. The number of thiazole rings is 1. The van der Waals surface area contributed by atoms with Crippen molar-refractivity contribution in [3.8, 4) is 0 Å². The number of carbonyl (C=O) groups is 1. The van der Waals surface area contributed by atoms with Crippen molar-refractivity contribution in [2.45, 2.75) is 52.2 Å². The van der Waals surface area contributed by atoms with Gasteiger partial charge in [-0.3, -0.25) is 4.79 Å². The molecular weight excluding hydrogens is 336 g/mol. The van der Waals surface area contributed by atoms with Crippen molar-refractivity contribution in [2.24, 2.45) is 28.2 Å². The van der Waals surface area contributed by atoms with Gasteiger partial charge in [-0.15, -0.1) is 11.3 Å². The van der Waals surface area contributed by atoms with Gasteiger partial charge in [-0.1, -0.05) is 0 Å². The molecule has 0 spiro atoms. The summed E-state index contributed by atoms with van der Waals surface area (Å²) in [5.74, 6) is 2.26. The lowest BCUT2D eigenvalue weighted by Gasteiger charge is -2.29. The molecule has 0 radical (unpaired) electrons. The third-order valence-electron chi connectivity index (χ3n) is 6.62. The second-order valence-corrected chi connectivity index (χ2v) is 9.26. The molecule has 25 heavy (non-hydrogen) atoms. The quantitative estimate of drug-likeness (QED) is 0.780. The molecule has 0 N–H and O–H groups in total. The highest BCUT2D eigenvalue weighted by Crippen LogP contribution is 2.65. The van der Waals surface area contributed by atoms with Crippen LogP contribution >= 0.6 is 11.3 Å². The zero-order chi connectivity index (χ0) is 17.6. The van der Waals surface area contributed by atoms with Gasteiger partial charge < -0.3 is 14.0 Å². The zero-order valence-corrected chi connectivity index (χ0v) is 16.2. The number of methoxy groups -OCH3 is 2. The van der Waals surface area contributed by atoms with E-state index in [9.17, 15) is 4.79 Å². The number of aromatic nitrogens is 1. The van der Waals surface area contributed by atoms with E-state index < -0.39 is 0 Å². The molecule has 1 aromatic heterocycles. The molecule has 1 amide bonds. The molecule has 1 heterocycles. The van der Waals surface area contributed by atoms with Crippen molar-refractivity contribution < 1.29 is 14.3 Å². The van der Waals surface area contributed by atoms with Gasteiger partial charge in [0.25, 0.3) is 5.91 Å². The van der Waals surface area contributed by atoms with E-state index in [-0.39, 0.29) is 11.3 Å². The first-order valence-electron chi connectivity index (χ1n) is 9.33. The molecule has 0 saturated heterocycles. The van der Waals surface area contributed by atoms with E-state index in [1.54, 1.807) is 25.6 Å². The minimum Gasteiger partial charge on any atom is -0.383 e. The summed E-state index contributed by atoms with van der Waals surface area (Å²) in [6.45, 7) is 3.92. The van der Waals surface area contributed by atoms with Gasteiger partial charge >= 0.3 is 0 Å². The molecule has 138 valence electrons. The van der Waals surface area contributed by atoms with Crippen LogP contribution < -0.4 is 4.80 Å². The average Bonchev–Trinajstić information content (AvgIpc) is 3.11. The maximum absolute atomic E-state index is 13.3. The molecule has 2 atom stereocenters. The lowest BCUT2D eigenvalue weighted by Crippen LogP contribution is -2.33. The molecule has 4 aliphatic rings. The molecule has 0 aromatic carbocycles. The van der Waals surface area contributed by atoms with Crippen LogP contribution in [0.2, 0.25) is 0 Å². The molecule has 4 aliphatic carbocycles. The molecule has 2 unspecified atom stereocenters. The molecule has 5 rings (SSSR count). The van der Waals surface area contributed by atoms with Crippen LogP contribution in [0.4, 0.5) is 0 Å². The predicted octanol–water partition coefficient (Wildman–Crippen LogP) is 2.90. The largest absolute Gasteiger partial charge is 0.383 e. The molecule has 0 aliphatic heterocycles. The molecule has 1 aromatic rings. The Bertz CT molecular complexity index is 722. The maximum Gasteiger partial charge on any atom is 0.254 e. The normalized spacial score (nSPS) is 33.6. The van der Waals surface area contributed by atoms with Gasteiger partial charge in [0.05, 0.1) is 24.3 Å². The number of hydrogen-bond acceptors (Lipinski definition) is 4. The number of carbonyl (C=O) groups excluding carboxylic acids is 1. The van der Waals surface area contributed by atoms with Crippen LogP contribution in [-0.2, 0) is 27.4 Å². The smallest absolute Gasteiger partial charge is 0.254 e. The number of nitrogens with zero attached hydrogens (tertiary/aromatic N) is 2. The molecular formula is C19H28N2O3S. The monoisotopic (exact) mass is 364 g/mol. The second kappa shape index (κ2) is 6.63. The third kappa shape index (κ3) is 2.82. The first kappa shape index (κ1) is 17.4. The first-order chi connectivity index (χ1) is 12.1. The Labute approximate surface area is 153 Å². The summed E-state index contributed by atoms with van der Waals surface area (Å²) in [6, 6.07) is 0. The van der Waals surface area contributed by atoms with Gasteiger partial charge in [-0.25, -0.2) is 0 Å². The summed E-state index contributed by atoms with van der Waals surface area (Å²) >= 11 is 1.60. The second-order valence-electron chi connectivity index (χ2n) is 8.08. The van der Waals surface area contributed by atoms with Crippen LogP contribution in [0.5, 0.6) is 0 Å². The lowest BCUT2D eigenvalue weighted by molar-refractivity contribution is -0.129. The minimum absolute atomic E-state index is 0.138. The summed E-state index contributed by atoms with van der Waals surface area (Å²) in [5, 5.41) is 0. The van der Waals surface area contributed by atoms with Gasteiger partial charge in [0.15, 0.2) is 4.80 Å². The predicted molar refractivity (Wildman–Crippen MR) is 96.2 cm³/mol. The fourth-order valence-electron chi connectivity index (χ4n) is 5.71. The van der Waals surface area contributed by atoms with Crippen LogP contribution in [0.1, 0.15) is 42.7 Å². The summed E-state index contributed by atoms with van der Waals surface area (Å²) in [6.07, 6.45) is 5.99. The Morgan fingerprint density at radius 3 is 2.60 bits per heavy atom. The van der Waals surface area contributed by atoms with Crippen LogP contribution in [0.15, 0.2) is 4.99 Å². The third-order valence-corrected chi connectivity index (χ3v) is 7.66. The molecule has 5 nitrogen and oxygen atoms in total. The fraction of sp³-hybridized carbons (Fsp3) is 0.789. The topological polar surface area (TPSA) is 52.8 Å². The van der Waals surface area contributed by atoms with Gasteiger partial charge in [0, 0.05) is 25.6 Å². The fourth-order valence-corrected chi connectivity index (χ4v) is 6.71. The molecule has 4 fully saturated rings. The molecule has 4 bridgehead atoms. The average molecular weight is 365 g/mol. The SMILES string of the molecule is COCCn1c(COC)c(C)s/c1=N\C(=O)C12CC3CC(CC1C3)C2. The van der Waals surface area contributed by atoms with E-state index >= 15 is 0 Å².